The third kappa shape index (κ3) is 6.22. The molecule has 1 heterocycles. The van der Waals surface area contributed by atoms with E-state index < -0.39 is 0 Å². The van der Waals surface area contributed by atoms with Gasteiger partial charge in [0.25, 0.3) is 0 Å². The fourth-order valence-electron chi connectivity index (χ4n) is 3.28. The number of rotatable bonds is 7. The summed E-state index contributed by atoms with van der Waals surface area (Å²) in [6.45, 7) is 5.22. The molecule has 0 atom stereocenters. The van der Waals surface area contributed by atoms with E-state index in [0.29, 0.717) is 6.54 Å². The van der Waals surface area contributed by atoms with Crippen LogP contribution in [0.3, 0.4) is 0 Å². The molecule has 3 rings (SSSR count). The van der Waals surface area contributed by atoms with Crippen molar-refractivity contribution in [1.82, 2.24) is 9.80 Å². The normalized spacial score (nSPS) is 15.6. The van der Waals surface area contributed by atoms with E-state index in [-0.39, 0.29) is 5.91 Å². The first-order valence-corrected chi connectivity index (χ1v) is 9.84. The SMILES string of the molecule is CN(C)c1ccc(NC(=O)CN2CCN(C/C=C/c3ccccc3)CC2)cc1. The van der Waals surface area contributed by atoms with Gasteiger partial charge in [-0.25, -0.2) is 0 Å². The predicted octanol–water partition coefficient (Wildman–Crippen LogP) is 3.02. The number of carbonyl (C=O) groups excluding carboxylic acids is 1. The third-order valence-electron chi connectivity index (χ3n) is 4.97. The Balaban J connectivity index is 1.37. The molecular weight excluding hydrogens is 348 g/mol. The van der Waals surface area contributed by atoms with Gasteiger partial charge in [0.2, 0.25) is 5.91 Å². The van der Waals surface area contributed by atoms with Crippen LogP contribution in [0, 0.1) is 0 Å². The van der Waals surface area contributed by atoms with E-state index in [1.165, 1.54) is 5.56 Å². The molecule has 0 bridgehead atoms. The fourth-order valence-corrected chi connectivity index (χ4v) is 3.28. The van der Waals surface area contributed by atoms with Gasteiger partial charge < -0.3 is 10.2 Å². The smallest absolute Gasteiger partial charge is 0.238 e. The number of nitrogens with one attached hydrogen (secondary N) is 1. The lowest BCUT2D eigenvalue weighted by molar-refractivity contribution is -0.117. The Morgan fingerprint density at radius 1 is 0.964 bits per heavy atom. The summed E-state index contributed by atoms with van der Waals surface area (Å²) in [6.07, 6.45) is 4.39. The lowest BCUT2D eigenvalue weighted by Gasteiger charge is -2.33. The van der Waals surface area contributed by atoms with Crippen LogP contribution in [0.1, 0.15) is 5.56 Å². The second-order valence-corrected chi connectivity index (χ2v) is 7.38. The maximum Gasteiger partial charge on any atom is 0.238 e. The number of carbonyl (C=O) groups is 1. The van der Waals surface area contributed by atoms with Crippen LogP contribution < -0.4 is 10.2 Å². The summed E-state index contributed by atoms with van der Waals surface area (Å²) < 4.78 is 0. The first kappa shape index (κ1) is 20.1. The number of hydrogen-bond acceptors (Lipinski definition) is 4. The van der Waals surface area contributed by atoms with Crippen molar-refractivity contribution in [2.75, 3.05) is 63.6 Å². The number of anilines is 2. The molecule has 0 saturated carbocycles. The maximum atomic E-state index is 12.3. The topological polar surface area (TPSA) is 38.8 Å². The van der Waals surface area contributed by atoms with Gasteiger partial charge in [0.15, 0.2) is 0 Å². The van der Waals surface area contributed by atoms with Gasteiger partial charge in [-0.2, -0.15) is 0 Å². The Morgan fingerprint density at radius 2 is 1.61 bits per heavy atom. The molecule has 0 spiro atoms. The molecule has 2 aromatic carbocycles. The van der Waals surface area contributed by atoms with Crippen LogP contribution in [0.15, 0.2) is 60.7 Å². The summed E-state index contributed by atoms with van der Waals surface area (Å²) in [6, 6.07) is 18.3. The van der Waals surface area contributed by atoms with E-state index >= 15 is 0 Å². The monoisotopic (exact) mass is 378 g/mol. The number of nitrogens with zero attached hydrogens (tertiary/aromatic N) is 3. The maximum absolute atomic E-state index is 12.3. The molecule has 0 radical (unpaired) electrons. The van der Waals surface area contributed by atoms with Gasteiger partial charge in [0, 0.05) is 58.2 Å². The van der Waals surface area contributed by atoms with Crippen molar-refractivity contribution < 1.29 is 4.79 Å². The molecule has 1 N–H and O–H groups in total. The Morgan fingerprint density at radius 3 is 2.25 bits per heavy atom. The highest BCUT2D eigenvalue weighted by Crippen LogP contribution is 2.15. The Bertz CT molecular complexity index is 763. The molecule has 0 aromatic heterocycles. The summed E-state index contributed by atoms with van der Waals surface area (Å²) in [4.78, 5) is 19.0. The highest BCUT2D eigenvalue weighted by atomic mass is 16.2. The van der Waals surface area contributed by atoms with Crippen LogP contribution in [-0.2, 0) is 4.79 Å². The van der Waals surface area contributed by atoms with Crippen LogP contribution in [0.2, 0.25) is 0 Å². The first-order chi connectivity index (χ1) is 13.6. The summed E-state index contributed by atoms with van der Waals surface area (Å²) in [5.74, 6) is 0.0510. The second-order valence-electron chi connectivity index (χ2n) is 7.38. The standard InChI is InChI=1S/C23H30N4O/c1-25(2)22-12-10-21(11-13-22)24-23(28)19-27-17-15-26(16-18-27)14-6-9-20-7-4-3-5-8-20/h3-13H,14-19H2,1-2H3,(H,24,28)/b9-6+. The Hall–Kier alpha value is -2.63. The zero-order valence-corrected chi connectivity index (χ0v) is 16.8. The Kier molecular flexibility index (Phi) is 7.23. The van der Waals surface area contributed by atoms with Gasteiger partial charge in [-0.05, 0) is 29.8 Å². The number of hydrogen-bond donors (Lipinski definition) is 1. The van der Waals surface area contributed by atoms with Crippen molar-refractivity contribution in [3.05, 3.63) is 66.2 Å². The van der Waals surface area contributed by atoms with Crippen LogP contribution >= 0.6 is 0 Å². The minimum absolute atomic E-state index is 0.0510. The molecule has 1 saturated heterocycles. The van der Waals surface area contributed by atoms with Gasteiger partial charge >= 0.3 is 0 Å². The van der Waals surface area contributed by atoms with E-state index in [0.717, 1.165) is 44.1 Å². The third-order valence-corrected chi connectivity index (χ3v) is 4.97. The molecular formula is C23H30N4O. The predicted molar refractivity (Wildman–Crippen MR) is 118 cm³/mol. The van der Waals surface area contributed by atoms with Gasteiger partial charge in [0.1, 0.15) is 0 Å². The molecule has 28 heavy (non-hydrogen) atoms. The van der Waals surface area contributed by atoms with Gasteiger partial charge in [-0.3, -0.25) is 14.6 Å². The molecule has 0 unspecified atom stereocenters. The van der Waals surface area contributed by atoms with Crippen LogP contribution in [0.25, 0.3) is 6.08 Å². The first-order valence-electron chi connectivity index (χ1n) is 9.84. The van der Waals surface area contributed by atoms with E-state index in [4.69, 9.17) is 0 Å². The lowest BCUT2D eigenvalue weighted by atomic mass is 10.2. The zero-order chi connectivity index (χ0) is 19.8. The average Bonchev–Trinajstić information content (AvgIpc) is 2.70. The molecule has 1 amide bonds. The summed E-state index contributed by atoms with van der Waals surface area (Å²) in [5, 5.41) is 3.00. The van der Waals surface area contributed by atoms with E-state index in [1.807, 2.05) is 49.3 Å². The number of benzene rings is 2. The van der Waals surface area contributed by atoms with E-state index in [9.17, 15) is 4.79 Å². The molecule has 1 aliphatic heterocycles. The molecule has 0 aliphatic carbocycles. The van der Waals surface area contributed by atoms with Crippen LogP contribution in [0.5, 0.6) is 0 Å². The summed E-state index contributed by atoms with van der Waals surface area (Å²) >= 11 is 0. The highest BCUT2D eigenvalue weighted by Gasteiger charge is 2.18. The largest absolute Gasteiger partial charge is 0.378 e. The van der Waals surface area contributed by atoms with Gasteiger partial charge in [-0.1, -0.05) is 42.5 Å². The summed E-state index contributed by atoms with van der Waals surface area (Å²) in [5.41, 5.74) is 3.20. The molecule has 148 valence electrons. The molecule has 5 heteroatoms. The average molecular weight is 379 g/mol. The molecule has 1 fully saturated rings. The van der Waals surface area contributed by atoms with Gasteiger partial charge in [-0.15, -0.1) is 0 Å². The fraction of sp³-hybridized carbons (Fsp3) is 0.348. The van der Waals surface area contributed by atoms with Crippen LogP contribution in [0.4, 0.5) is 11.4 Å². The van der Waals surface area contributed by atoms with Crippen molar-refractivity contribution >= 4 is 23.4 Å². The number of amides is 1. The van der Waals surface area contributed by atoms with Crippen molar-refractivity contribution in [2.24, 2.45) is 0 Å². The van der Waals surface area contributed by atoms with Crippen molar-refractivity contribution in [1.29, 1.82) is 0 Å². The number of piperazine rings is 1. The second kappa shape index (κ2) is 10.1. The van der Waals surface area contributed by atoms with Crippen molar-refractivity contribution in [3.8, 4) is 0 Å². The minimum atomic E-state index is 0.0510. The minimum Gasteiger partial charge on any atom is -0.378 e. The lowest BCUT2D eigenvalue weighted by Crippen LogP contribution is -2.48. The Labute approximate surface area is 168 Å². The van der Waals surface area contributed by atoms with Crippen LogP contribution in [-0.4, -0.2) is 69.1 Å². The van der Waals surface area contributed by atoms with Gasteiger partial charge in [0.05, 0.1) is 6.54 Å². The molecule has 1 aliphatic rings. The summed E-state index contributed by atoms with van der Waals surface area (Å²) in [7, 11) is 4.01. The van der Waals surface area contributed by atoms with E-state index in [1.54, 1.807) is 0 Å². The van der Waals surface area contributed by atoms with Crippen molar-refractivity contribution in [2.45, 2.75) is 0 Å². The quantitative estimate of drug-likeness (QED) is 0.804. The zero-order valence-electron chi connectivity index (χ0n) is 16.8. The molecule has 2 aromatic rings. The van der Waals surface area contributed by atoms with E-state index in [2.05, 4.69) is 51.5 Å². The molecule has 5 nitrogen and oxygen atoms in total. The highest BCUT2D eigenvalue weighted by molar-refractivity contribution is 5.92. The van der Waals surface area contributed by atoms with Crippen molar-refractivity contribution in [3.63, 3.8) is 0 Å².